The number of hydrogen-bond acceptors (Lipinski definition) is 3. The average molecular weight is 389 g/mol. The van der Waals surface area contributed by atoms with Crippen molar-refractivity contribution in [3.05, 3.63) is 52.7 Å². The van der Waals surface area contributed by atoms with Gasteiger partial charge in [0.2, 0.25) is 0 Å². The first-order valence-corrected chi connectivity index (χ1v) is 11.7. The highest BCUT2D eigenvalue weighted by Crippen LogP contribution is 2.75. The van der Waals surface area contributed by atoms with E-state index in [1.165, 1.54) is 44.1 Å². The van der Waals surface area contributed by atoms with Crippen LogP contribution in [0.4, 0.5) is 0 Å². The lowest BCUT2D eigenvalue weighted by Gasteiger charge is -2.60. The Balaban J connectivity index is 1.38. The quantitative estimate of drug-likeness (QED) is 0.425. The molecule has 0 radical (unpaired) electrons. The molecule has 0 aromatic carbocycles. The van der Waals surface area contributed by atoms with Gasteiger partial charge in [0.25, 0.3) is 0 Å². The van der Waals surface area contributed by atoms with Gasteiger partial charge in [-0.25, -0.2) is 0 Å². The van der Waals surface area contributed by atoms with E-state index in [4.69, 9.17) is 0 Å². The number of nitroso groups, excluding NO2 is 1. The minimum absolute atomic E-state index is 0.0775. The third kappa shape index (κ3) is 2.33. The number of pyridine rings is 1. The molecule has 0 aliphatic heterocycles. The molecule has 3 fully saturated rings. The van der Waals surface area contributed by atoms with Crippen LogP contribution in [0.2, 0.25) is 0 Å². The first kappa shape index (κ1) is 18.0. The second kappa shape index (κ2) is 5.89. The van der Waals surface area contributed by atoms with E-state index < -0.39 is 0 Å². The van der Waals surface area contributed by atoms with Crippen LogP contribution < -0.4 is 0 Å². The Hall–Kier alpha value is -1.77. The Morgan fingerprint density at radius 1 is 1.07 bits per heavy atom. The molecule has 1 aromatic rings. The summed E-state index contributed by atoms with van der Waals surface area (Å²) in [6.45, 7) is 5.09. The topological polar surface area (TPSA) is 42.3 Å². The van der Waals surface area contributed by atoms with Crippen LogP contribution in [0.15, 0.2) is 47.4 Å². The molecule has 5 aliphatic carbocycles. The van der Waals surface area contributed by atoms with Crippen molar-refractivity contribution in [3.63, 3.8) is 0 Å². The minimum atomic E-state index is -0.0775. The summed E-state index contributed by atoms with van der Waals surface area (Å²) in [6.07, 6.45) is 18.7. The standard InChI is InChI=1S/C26H32N2O/c1-24-10-8-22-19(21(24)6-5-20(24)17-4-3-13-27-16-17)15-26(11-12-26)23-14-18(28-29)7-9-25(22,23)2/h3-5,13-14,16,18-19,21-22H,6-12,15H2,1-2H3. The van der Waals surface area contributed by atoms with Crippen molar-refractivity contribution in [2.24, 2.45) is 39.2 Å². The van der Waals surface area contributed by atoms with Gasteiger partial charge in [-0.1, -0.05) is 42.8 Å². The van der Waals surface area contributed by atoms with Gasteiger partial charge in [-0.15, -0.1) is 0 Å². The highest BCUT2D eigenvalue weighted by molar-refractivity contribution is 5.72. The molecule has 6 atom stereocenters. The molecule has 0 N–H and O–H groups in total. The molecule has 0 bridgehead atoms. The van der Waals surface area contributed by atoms with E-state index in [2.05, 4.69) is 54.5 Å². The first-order chi connectivity index (χ1) is 14.0. The Kier molecular flexibility index (Phi) is 3.66. The van der Waals surface area contributed by atoms with E-state index >= 15 is 0 Å². The van der Waals surface area contributed by atoms with Gasteiger partial charge in [-0.05, 0) is 103 Å². The normalized spacial score (nSPS) is 44.2. The number of rotatable bonds is 2. The zero-order chi connectivity index (χ0) is 19.9. The smallest absolute Gasteiger partial charge is 0.110 e. The van der Waals surface area contributed by atoms with E-state index in [1.807, 2.05) is 6.20 Å². The van der Waals surface area contributed by atoms with Gasteiger partial charge in [0, 0.05) is 12.4 Å². The highest BCUT2D eigenvalue weighted by atomic mass is 16.3. The number of fused-ring (bicyclic) bond motifs is 6. The SMILES string of the molecule is CC12CCC3C(CC4(CC4)C4=CC(N=O)CCC43C)C1CC=C2c1cccnc1. The van der Waals surface area contributed by atoms with Gasteiger partial charge in [0.15, 0.2) is 0 Å². The Morgan fingerprint density at radius 2 is 1.90 bits per heavy atom. The van der Waals surface area contributed by atoms with Crippen LogP contribution in [0.1, 0.15) is 70.8 Å². The summed E-state index contributed by atoms with van der Waals surface area (Å²) in [6, 6.07) is 4.25. The molecule has 29 heavy (non-hydrogen) atoms. The molecule has 6 unspecified atom stereocenters. The van der Waals surface area contributed by atoms with Crippen molar-refractivity contribution in [1.29, 1.82) is 0 Å². The molecule has 1 heterocycles. The van der Waals surface area contributed by atoms with Crippen LogP contribution in [0, 0.1) is 38.9 Å². The fraction of sp³-hybridized carbons (Fsp3) is 0.654. The molecule has 1 aromatic heterocycles. The van der Waals surface area contributed by atoms with Gasteiger partial charge in [0.05, 0.1) is 0 Å². The number of aromatic nitrogens is 1. The number of hydrogen-bond donors (Lipinski definition) is 0. The van der Waals surface area contributed by atoms with Crippen molar-refractivity contribution in [2.75, 3.05) is 0 Å². The lowest BCUT2D eigenvalue weighted by atomic mass is 9.44. The predicted octanol–water partition coefficient (Wildman–Crippen LogP) is 6.56. The molecule has 0 saturated heterocycles. The summed E-state index contributed by atoms with van der Waals surface area (Å²) in [4.78, 5) is 15.7. The number of nitrogens with zero attached hydrogens (tertiary/aromatic N) is 2. The van der Waals surface area contributed by atoms with Crippen molar-refractivity contribution < 1.29 is 0 Å². The summed E-state index contributed by atoms with van der Waals surface area (Å²) < 4.78 is 0. The lowest BCUT2D eigenvalue weighted by molar-refractivity contribution is -0.0426. The van der Waals surface area contributed by atoms with Gasteiger partial charge in [-0.2, -0.15) is 4.91 Å². The van der Waals surface area contributed by atoms with E-state index in [0.717, 1.165) is 30.6 Å². The van der Waals surface area contributed by atoms with E-state index in [9.17, 15) is 4.91 Å². The van der Waals surface area contributed by atoms with Crippen molar-refractivity contribution >= 4 is 5.57 Å². The molecular weight excluding hydrogens is 356 g/mol. The van der Waals surface area contributed by atoms with Crippen LogP contribution >= 0.6 is 0 Å². The average Bonchev–Trinajstić information content (AvgIpc) is 3.41. The van der Waals surface area contributed by atoms with Crippen LogP contribution in [0.25, 0.3) is 5.57 Å². The van der Waals surface area contributed by atoms with Gasteiger partial charge in [0.1, 0.15) is 6.04 Å². The van der Waals surface area contributed by atoms with Crippen molar-refractivity contribution in [1.82, 2.24) is 4.98 Å². The molecular formula is C26H32N2O. The Labute approximate surface area is 174 Å². The van der Waals surface area contributed by atoms with Gasteiger partial charge >= 0.3 is 0 Å². The van der Waals surface area contributed by atoms with E-state index in [0.29, 0.717) is 16.2 Å². The van der Waals surface area contributed by atoms with E-state index in [1.54, 1.807) is 11.1 Å². The minimum Gasteiger partial charge on any atom is -0.264 e. The third-order valence-corrected chi connectivity index (χ3v) is 9.93. The van der Waals surface area contributed by atoms with Gasteiger partial charge in [-0.3, -0.25) is 4.98 Å². The summed E-state index contributed by atoms with van der Waals surface area (Å²) >= 11 is 0. The monoisotopic (exact) mass is 388 g/mol. The third-order valence-electron chi connectivity index (χ3n) is 9.93. The molecule has 3 heteroatoms. The molecule has 5 aliphatic rings. The molecule has 0 amide bonds. The summed E-state index contributed by atoms with van der Waals surface area (Å²) in [7, 11) is 0. The summed E-state index contributed by atoms with van der Waals surface area (Å²) in [5, 5.41) is 3.43. The summed E-state index contributed by atoms with van der Waals surface area (Å²) in [5.41, 5.74) is 5.51. The maximum Gasteiger partial charge on any atom is 0.110 e. The van der Waals surface area contributed by atoms with Crippen molar-refractivity contribution in [2.45, 2.75) is 71.3 Å². The largest absolute Gasteiger partial charge is 0.264 e. The number of allylic oxidation sites excluding steroid dienone is 3. The fourth-order valence-electron chi connectivity index (χ4n) is 8.39. The molecule has 1 spiro atoms. The first-order valence-electron chi connectivity index (χ1n) is 11.7. The van der Waals surface area contributed by atoms with Gasteiger partial charge < -0.3 is 0 Å². The predicted molar refractivity (Wildman–Crippen MR) is 116 cm³/mol. The maximum absolute atomic E-state index is 11.3. The second-order valence-corrected chi connectivity index (χ2v) is 11.1. The van der Waals surface area contributed by atoms with Crippen LogP contribution in [-0.2, 0) is 0 Å². The molecule has 6 rings (SSSR count). The maximum atomic E-state index is 11.3. The zero-order valence-corrected chi connectivity index (χ0v) is 17.7. The van der Waals surface area contributed by atoms with Crippen LogP contribution in [-0.4, -0.2) is 11.0 Å². The lowest BCUT2D eigenvalue weighted by Crippen LogP contribution is -2.52. The van der Waals surface area contributed by atoms with Crippen LogP contribution in [0.5, 0.6) is 0 Å². The molecule has 3 saturated carbocycles. The zero-order valence-electron chi connectivity index (χ0n) is 17.7. The Morgan fingerprint density at radius 3 is 2.62 bits per heavy atom. The van der Waals surface area contributed by atoms with Crippen LogP contribution in [0.3, 0.4) is 0 Å². The molecule has 152 valence electrons. The van der Waals surface area contributed by atoms with Crippen molar-refractivity contribution in [3.8, 4) is 0 Å². The second-order valence-electron chi connectivity index (χ2n) is 11.1. The van der Waals surface area contributed by atoms with E-state index in [-0.39, 0.29) is 6.04 Å². The Bertz CT molecular complexity index is 914. The molecule has 3 nitrogen and oxygen atoms in total. The summed E-state index contributed by atoms with van der Waals surface area (Å²) in [5.74, 6) is 2.34. The fourth-order valence-corrected chi connectivity index (χ4v) is 8.39. The highest BCUT2D eigenvalue weighted by Gasteiger charge is 2.65.